The number of carboxylic acids is 1. The Hall–Kier alpha value is -1.34. The first kappa shape index (κ1) is 19.7. The molecule has 0 saturated heterocycles. The highest BCUT2D eigenvalue weighted by Gasteiger charge is 2.04. The lowest BCUT2D eigenvalue weighted by Gasteiger charge is -2.13. The summed E-state index contributed by atoms with van der Waals surface area (Å²) in [5.41, 5.74) is 2.29. The number of nitrogens with one attached hydrogen (secondary N) is 1. The maximum Gasteiger partial charge on any atom is 0.304 e. The average molecular weight is 357 g/mol. The van der Waals surface area contributed by atoms with E-state index < -0.39 is 5.97 Å². The molecule has 5 nitrogen and oxygen atoms in total. The van der Waals surface area contributed by atoms with Crippen molar-refractivity contribution < 1.29 is 14.7 Å². The molecular weight excluding hydrogens is 332 g/mol. The van der Waals surface area contributed by atoms with Crippen molar-refractivity contribution in [3.8, 4) is 0 Å². The highest BCUT2D eigenvalue weighted by molar-refractivity contribution is 8.76. The van der Waals surface area contributed by atoms with Gasteiger partial charge in [0, 0.05) is 44.3 Å². The van der Waals surface area contributed by atoms with Crippen LogP contribution in [-0.2, 0) is 16.0 Å². The van der Waals surface area contributed by atoms with Crippen molar-refractivity contribution in [1.29, 1.82) is 0 Å². The third kappa shape index (κ3) is 9.40. The molecule has 128 valence electrons. The molecule has 23 heavy (non-hydrogen) atoms. The number of aliphatic carboxylic acids is 1. The van der Waals surface area contributed by atoms with Crippen molar-refractivity contribution in [3.05, 3.63) is 29.8 Å². The van der Waals surface area contributed by atoms with Crippen molar-refractivity contribution in [2.75, 3.05) is 37.0 Å². The van der Waals surface area contributed by atoms with E-state index in [4.69, 9.17) is 5.11 Å². The smallest absolute Gasteiger partial charge is 0.304 e. The van der Waals surface area contributed by atoms with Crippen molar-refractivity contribution in [2.24, 2.45) is 0 Å². The summed E-state index contributed by atoms with van der Waals surface area (Å²) in [6, 6.07) is 8.19. The molecule has 0 bridgehead atoms. The highest BCUT2D eigenvalue weighted by atomic mass is 33.1. The van der Waals surface area contributed by atoms with Crippen molar-refractivity contribution >= 4 is 39.2 Å². The number of nitrogens with zero attached hydrogens (tertiary/aromatic N) is 1. The van der Waals surface area contributed by atoms with E-state index in [9.17, 15) is 9.59 Å². The SMILES string of the molecule is CN(C)c1cccc(CCC(=O)NCCSSCCC(=O)O)c1. The molecule has 0 aliphatic heterocycles. The lowest BCUT2D eigenvalue weighted by molar-refractivity contribution is -0.136. The molecule has 2 N–H and O–H groups in total. The molecule has 0 heterocycles. The van der Waals surface area contributed by atoms with E-state index >= 15 is 0 Å². The van der Waals surface area contributed by atoms with E-state index in [-0.39, 0.29) is 12.3 Å². The Morgan fingerprint density at radius 1 is 1.17 bits per heavy atom. The number of benzene rings is 1. The summed E-state index contributed by atoms with van der Waals surface area (Å²) in [5, 5.41) is 11.4. The van der Waals surface area contributed by atoms with E-state index in [2.05, 4.69) is 11.4 Å². The number of carbonyl (C=O) groups is 2. The summed E-state index contributed by atoms with van der Waals surface area (Å²) in [7, 11) is 7.11. The molecule has 0 spiro atoms. The van der Waals surface area contributed by atoms with Crippen LogP contribution in [0, 0.1) is 0 Å². The van der Waals surface area contributed by atoms with Gasteiger partial charge in [-0.3, -0.25) is 9.59 Å². The van der Waals surface area contributed by atoms with Crippen LogP contribution in [0.2, 0.25) is 0 Å². The first-order valence-corrected chi connectivity index (χ1v) is 9.97. The average Bonchev–Trinajstić information content (AvgIpc) is 2.52. The molecule has 1 aromatic rings. The van der Waals surface area contributed by atoms with Gasteiger partial charge in [-0.05, 0) is 24.1 Å². The van der Waals surface area contributed by atoms with E-state index in [1.807, 2.05) is 37.2 Å². The number of aryl methyl sites for hydroxylation is 1. The van der Waals surface area contributed by atoms with E-state index in [0.717, 1.165) is 23.4 Å². The first-order chi connectivity index (χ1) is 11.0. The Kier molecular flexibility index (Phi) is 9.63. The van der Waals surface area contributed by atoms with Gasteiger partial charge in [0.2, 0.25) is 5.91 Å². The summed E-state index contributed by atoms with van der Waals surface area (Å²) in [6.45, 7) is 0.612. The fraction of sp³-hybridized carbons (Fsp3) is 0.500. The highest BCUT2D eigenvalue weighted by Crippen LogP contribution is 2.21. The van der Waals surface area contributed by atoms with Crippen LogP contribution in [0.5, 0.6) is 0 Å². The Bertz CT molecular complexity index is 510. The molecule has 1 amide bonds. The minimum atomic E-state index is -0.773. The quantitative estimate of drug-likeness (QED) is 0.469. The summed E-state index contributed by atoms with van der Waals surface area (Å²) in [5.74, 6) is 0.656. The Morgan fingerprint density at radius 2 is 1.91 bits per heavy atom. The van der Waals surface area contributed by atoms with Gasteiger partial charge in [0.15, 0.2) is 0 Å². The summed E-state index contributed by atoms with van der Waals surface area (Å²) in [4.78, 5) is 24.2. The largest absolute Gasteiger partial charge is 0.481 e. The minimum Gasteiger partial charge on any atom is -0.481 e. The normalized spacial score (nSPS) is 10.3. The molecular formula is C16H24N2O3S2. The van der Waals surface area contributed by atoms with Gasteiger partial charge in [-0.25, -0.2) is 0 Å². The summed E-state index contributed by atoms with van der Waals surface area (Å²) in [6.07, 6.45) is 1.39. The number of rotatable bonds is 11. The number of hydrogen-bond acceptors (Lipinski definition) is 5. The third-order valence-corrected chi connectivity index (χ3v) is 5.47. The predicted octanol–water partition coefficient (Wildman–Crippen LogP) is 2.66. The molecule has 0 atom stereocenters. The summed E-state index contributed by atoms with van der Waals surface area (Å²) >= 11 is 0. The maximum atomic E-state index is 11.8. The van der Waals surface area contributed by atoms with Gasteiger partial charge in [0.1, 0.15) is 0 Å². The number of hydrogen-bond donors (Lipinski definition) is 2. The van der Waals surface area contributed by atoms with Gasteiger partial charge in [0.05, 0.1) is 6.42 Å². The molecule has 0 aromatic heterocycles. The zero-order valence-corrected chi connectivity index (χ0v) is 15.2. The summed E-state index contributed by atoms with van der Waals surface area (Å²) < 4.78 is 0. The molecule has 1 rings (SSSR count). The van der Waals surface area contributed by atoms with Gasteiger partial charge in [0.25, 0.3) is 0 Å². The van der Waals surface area contributed by atoms with Gasteiger partial charge in [-0.1, -0.05) is 33.7 Å². The van der Waals surface area contributed by atoms with Crippen LogP contribution in [0.1, 0.15) is 18.4 Å². The molecule has 0 saturated carbocycles. The molecule has 0 aliphatic rings. The van der Waals surface area contributed by atoms with Crippen LogP contribution in [0.25, 0.3) is 0 Å². The lowest BCUT2D eigenvalue weighted by Crippen LogP contribution is -2.25. The molecule has 0 aliphatic carbocycles. The van der Waals surface area contributed by atoms with E-state index in [1.54, 1.807) is 10.8 Å². The Labute approximate surface area is 145 Å². The third-order valence-electron chi connectivity index (χ3n) is 3.06. The van der Waals surface area contributed by atoms with Crippen LogP contribution < -0.4 is 10.2 Å². The zero-order valence-electron chi connectivity index (χ0n) is 13.6. The van der Waals surface area contributed by atoms with Gasteiger partial charge < -0.3 is 15.3 Å². The van der Waals surface area contributed by atoms with Gasteiger partial charge in [-0.15, -0.1) is 0 Å². The molecule has 0 fully saturated rings. The standard InChI is InChI=1S/C16H24N2O3S2/c1-18(2)14-5-3-4-13(12-14)6-7-15(19)17-9-11-23-22-10-8-16(20)21/h3-5,12H,6-11H2,1-2H3,(H,17,19)(H,20,21). The molecule has 0 unspecified atom stereocenters. The van der Waals surface area contributed by atoms with Crippen molar-refractivity contribution in [3.63, 3.8) is 0 Å². The monoisotopic (exact) mass is 356 g/mol. The Morgan fingerprint density at radius 3 is 2.61 bits per heavy atom. The predicted molar refractivity (Wildman–Crippen MR) is 99.3 cm³/mol. The maximum absolute atomic E-state index is 11.8. The van der Waals surface area contributed by atoms with Crippen LogP contribution in [-0.4, -0.2) is 49.1 Å². The molecule has 0 radical (unpaired) electrons. The van der Waals surface area contributed by atoms with E-state index in [0.29, 0.717) is 18.7 Å². The second kappa shape index (κ2) is 11.2. The fourth-order valence-electron chi connectivity index (χ4n) is 1.82. The zero-order chi connectivity index (χ0) is 17.1. The molecule has 7 heteroatoms. The minimum absolute atomic E-state index is 0.0522. The first-order valence-electron chi connectivity index (χ1n) is 7.48. The topological polar surface area (TPSA) is 69.6 Å². The Balaban J connectivity index is 2.12. The van der Waals surface area contributed by atoms with Crippen molar-refractivity contribution in [2.45, 2.75) is 19.3 Å². The van der Waals surface area contributed by atoms with Crippen LogP contribution in [0.4, 0.5) is 5.69 Å². The van der Waals surface area contributed by atoms with Crippen LogP contribution in [0.3, 0.4) is 0 Å². The van der Waals surface area contributed by atoms with Crippen molar-refractivity contribution in [1.82, 2.24) is 5.32 Å². The van der Waals surface area contributed by atoms with Crippen LogP contribution in [0.15, 0.2) is 24.3 Å². The second-order valence-electron chi connectivity index (χ2n) is 5.20. The number of carboxylic acid groups (broad SMARTS) is 1. The number of amides is 1. The molecule has 1 aromatic carbocycles. The van der Waals surface area contributed by atoms with Gasteiger partial charge >= 0.3 is 5.97 Å². The van der Waals surface area contributed by atoms with E-state index in [1.165, 1.54) is 10.8 Å². The lowest BCUT2D eigenvalue weighted by atomic mass is 10.1. The number of carbonyl (C=O) groups excluding carboxylic acids is 1. The van der Waals surface area contributed by atoms with Crippen LogP contribution >= 0.6 is 21.6 Å². The fourth-order valence-corrected chi connectivity index (χ4v) is 3.70. The second-order valence-corrected chi connectivity index (χ2v) is 7.90. The number of anilines is 1. The van der Waals surface area contributed by atoms with Gasteiger partial charge in [-0.2, -0.15) is 0 Å².